The summed E-state index contributed by atoms with van der Waals surface area (Å²) >= 11 is 0. The van der Waals surface area contributed by atoms with E-state index in [1.807, 2.05) is 60.7 Å². The quantitative estimate of drug-likeness (QED) is 0.131. The van der Waals surface area contributed by atoms with Gasteiger partial charge in [-0.2, -0.15) is 26.3 Å². The van der Waals surface area contributed by atoms with Crippen LogP contribution in [0, 0.1) is 0 Å². The number of hydrogen-bond donors (Lipinski definition) is 1. The van der Waals surface area contributed by atoms with E-state index in [0.29, 0.717) is 78.7 Å². The van der Waals surface area contributed by atoms with E-state index in [9.17, 15) is 26.3 Å². The van der Waals surface area contributed by atoms with Crippen LogP contribution >= 0.6 is 0 Å². The Morgan fingerprint density at radius 3 is 0.905 bits per heavy atom. The van der Waals surface area contributed by atoms with Crippen LogP contribution in [0.2, 0.25) is 0 Å². The number of anilines is 1. The zero-order chi connectivity index (χ0) is 43.5. The normalized spacial score (nSPS) is 12.0. The molecule has 0 bridgehead atoms. The first-order valence-corrected chi connectivity index (χ1v) is 19.5. The maximum absolute atomic E-state index is 14.0. The van der Waals surface area contributed by atoms with Crippen molar-refractivity contribution in [1.29, 1.82) is 0 Å². The van der Waals surface area contributed by atoms with Crippen molar-refractivity contribution in [2.75, 3.05) is 5.73 Å². The van der Waals surface area contributed by atoms with Crippen molar-refractivity contribution >= 4 is 38.8 Å². The lowest BCUT2D eigenvalue weighted by Crippen LogP contribution is -2.06. The topological polar surface area (TPSA) is 103 Å². The van der Waals surface area contributed by atoms with E-state index in [4.69, 9.17) is 35.6 Å². The first-order valence-electron chi connectivity index (χ1n) is 19.5. The van der Waals surface area contributed by atoms with E-state index in [1.165, 1.54) is 12.1 Å². The van der Waals surface area contributed by atoms with Gasteiger partial charge in [-0.25, -0.2) is 29.9 Å². The second kappa shape index (κ2) is 15.1. The highest BCUT2D eigenvalue weighted by molar-refractivity contribution is 5.95. The molecule has 306 valence electrons. The van der Waals surface area contributed by atoms with Crippen LogP contribution in [-0.2, 0) is 12.4 Å². The van der Waals surface area contributed by atoms with Crippen molar-refractivity contribution in [3.63, 3.8) is 0 Å². The average Bonchev–Trinajstić information content (AvgIpc) is 3.30. The standard InChI is InChI=1S/C50H29F6N7/c51-49(52,53)34-16-19-37-40(25-34)61-43(28-10-4-1-5-11-28)46(58-37)31-22-32(47-44(29-12-6-2-7-13-29)62-41-26-35(50(54,55)56)17-20-38(41)59-47)24-33(23-31)48-45(30-14-8-3-9-15-30)63-42-27-36(57)18-21-39(42)60-48/h1-27H,57H2. The van der Waals surface area contributed by atoms with E-state index >= 15 is 0 Å². The molecule has 0 spiro atoms. The Morgan fingerprint density at radius 2 is 0.571 bits per heavy atom. The number of alkyl halides is 6. The molecule has 63 heavy (non-hydrogen) atoms. The highest BCUT2D eigenvalue weighted by Gasteiger charge is 2.32. The van der Waals surface area contributed by atoms with Crippen LogP contribution in [0.25, 0.3) is 101 Å². The maximum atomic E-state index is 14.0. The van der Waals surface area contributed by atoms with Crippen LogP contribution in [0.4, 0.5) is 32.0 Å². The van der Waals surface area contributed by atoms with E-state index in [1.54, 1.807) is 66.7 Å². The van der Waals surface area contributed by atoms with Crippen molar-refractivity contribution in [3.8, 4) is 67.5 Å². The van der Waals surface area contributed by atoms with Crippen LogP contribution in [0.1, 0.15) is 11.1 Å². The molecule has 0 saturated carbocycles. The third-order valence-corrected chi connectivity index (χ3v) is 10.6. The van der Waals surface area contributed by atoms with E-state index in [2.05, 4.69) is 0 Å². The molecule has 0 aliphatic heterocycles. The second-order valence-corrected chi connectivity index (χ2v) is 14.8. The zero-order valence-corrected chi connectivity index (χ0v) is 32.6. The first kappa shape index (κ1) is 39.1. The second-order valence-electron chi connectivity index (χ2n) is 14.8. The van der Waals surface area contributed by atoms with E-state index < -0.39 is 23.5 Å². The van der Waals surface area contributed by atoms with E-state index in [-0.39, 0.29) is 22.1 Å². The fraction of sp³-hybridized carbons (Fsp3) is 0.0400. The van der Waals surface area contributed by atoms with Gasteiger partial charge >= 0.3 is 12.4 Å². The molecule has 0 unspecified atom stereocenters. The van der Waals surface area contributed by atoms with Gasteiger partial charge in [0.2, 0.25) is 0 Å². The van der Waals surface area contributed by atoms with Crippen molar-refractivity contribution in [2.24, 2.45) is 0 Å². The molecule has 13 heteroatoms. The molecule has 10 aromatic rings. The number of hydrogen-bond acceptors (Lipinski definition) is 7. The summed E-state index contributed by atoms with van der Waals surface area (Å²) in [6, 6.07) is 44.7. The fourth-order valence-corrected chi connectivity index (χ4v) is 7.57. The van der Waals surface area contributed by atoms with Gasteiger partial charge in [0.05, 0.1) is 78.4 Å². The van der Waals surface area contributed by atoms with Crippen LogP contribution in [-0.4, -0.2) is 29.9 Å². The van der Waals surface area contributed by atoms with Crippen molar-refractivity contribution < 1.29 is 26.3 Å². The molecule has 0 saturated heterocycles. The third-order valence-electron chi connectivity index (χ3n) is 10.6. The number of aromatic nitrogens is 6. The summed E-state index contributed by atoms with van der Waals surface area (Å²) in [5.41, 5.74) is 12.3. The molecule has 0 aliphatic carbocycles. The largest absolute Gasteiger partial charge is 0.416 e. The van der Waals surface area contributed by atoms with Gasteiger partial charge in [-0.3, -0.25) is 0 Å². The summed E-state index contributed by atoms with van der Waals surface area (Å²) in [4.78, 5) is 29.9. The molecule has 10 rings (SSSR count). The molecule has 3 aromatic heterocycles. The van der Waals surface area contributed by atoms with Gasteiger partial charge < -0.3 is 5.73 Å². The van der Waals surface area contributed by atoms with Crippen LogP contribution < -0.4 is 5.73 Å². The van der Waals surface area contributed by atoms with E-state index in [0.717, 1.165) is 29.8 Å². The van der Waals surface area contributed by atoms with Gasteiger partial charge in [-0.05, 0) is 72.8 Å². The van der Waals surface area contributed by atoms with Gasteiger partial charge in [0.15, 0.2) is 0 Å². The first-order chi connectivity index (χ1) is 30.4. The summed E-state index contributed by atoms with van der Waals surface area (Å²) in [5.74, 6) is 0. The van der Waals surface area contributed by atoms with Crippen LogP contribution in [0.3, 0.4) is 0 Å². The summed E-state index contributed by atoms with van der Waals surface area (Å²) in [5, 5.41) is 0. The highest BCUT2D eigenvalue weighted by atomic mass is 19.4. The Labute approximate surface area is 354 Å². The Balaban J connectivity index is 1.31. The monoisotopic (exact) mass is 841 g/mol. The van der Waals surface area contributed by atoms with Gasteiger partial charge in [-0.15, -0.1) is 0 Å². The van der Waals surface area contributed by atoms with Crippen LogP contribution in [0.5, 0.6) is 0 Å². The highest BCUT2D eigenvalue weighted by Crippen LogP contribution is 2.42. The lowest BCUT2D eigenvalue weighted by Gasteiger charge is -2.17. The minimum absolute atomic E-state index is 0.0415. The SMILES string of the molecule is Nc1ccc2nc(-c3cc(-c4nc5ccc(C(F)(F)F)cc5nc4-c4ccccc4)cc(-c4nc5ccc(C(F)(F)F)cc5nc4-c4ccccc4)c3)c(-c3ccccc3)nc2c1. The molecule has 2 N–H and O–H groups in total. The third kappa shape index (κ3) is 7.54. The molecule has 0 radical (unpaired) electrons. The number of fused-ring (bicyclic) bond motifs is 3. The van der Waals surface area contributed by atoms with Gasteiger partial charge in [0, 0.05) is 39.1 Å². The minimum Gasteiger partial charge on any atom is -0.399 e. The molecule has 0 atom stereocenters. The molecule has 0 amide bonds. The maximum Gasteiger partial charge on any atom is 0.416 e. The number of nitrogen functional groups attached to an aromatic ring is 1. The lowest BCUT2D eigenvalue weighted by molar-refractivity contribution is -0.138. The number of nitrogens with two attached hydrogens (primary N) is 1. The molecule has 3 heterocycles. The summed E-state index contributed by atoms with van der Waals surface area (Å²) in [6.45, 7) is 0. The Hall–Kier alpha value is -8.06. The number of rotatable bonds is 6. The fourth-order valence-electron chi connectivity index (χ4n) is 7.57. The smallest absolute Gasteiger partial charge is 0.399 e. The average molecular weight is 842 g/mol. The van der Waals surface area contributed by atoms with Gasteiger partial charge in [0.25, 0.3) is 0 Å². The molecule has 7 aromatic carbocycles. The Kier molecular flexibility index (Phi) is 9.39. The van der Waals surface area contributed by atoms with Crippen molar-refractivity contribution in [3.05, 3.63) is 175 Å². The Morgan fingerprint density at radius 1 is 0.286 bits per heavy atom. The molecular formula is C50H29F6N7. The summed E-state index contributed by atoms with van der Waals surface area (Å²) < 4.78 is 83.8. The number of halogens is 6. The Bertz CT molecular complexity index is 3220. The van der Waals surface area contributed by atoms with Gasteiger partial charge in [0.1, 0.15) is 0 Å². The predicted octanol–water partition coefficient (Wildman–Crippen LogP) is 13.1. The van der Waals surface area contributed by atoms with Crippen molar-refractivity contribution in [1.82, 2.24) is 29.9 Å². The molecule has 7 nitrogen and oxygen atoms in total. The molecule has 0 fully saturated rings. The predicted molar refractivity (Wildman–Crippen MR) is 233 cm³/mol. The van der Waals surface area contributed by atoms with Crippen molar-refractivity contribution in [2.45, 2.75) is 12.4 Å². The van der Waals surface area contributed by atoms with Gasteiger partial charge in [-0.1, -0.05) is 91.0 Å². The lowest BCUT2D eigenvalue weighted by atomic mass is 9.93. The summed E-state index contributed by atoms with van der Waals surface area (Å²) in [7, 11) is 0. The van der Waals surface area contributed by atoms with Crippen LogP contribution in [0.15, 0.2) is 164 Å². The number of benzene rings is 7. The molecule has 0 aliphatic rings. The summed E-state index contributed by atoms with van der Waals surface area (Å²) in [6.07, 6.45) is -9.22. The minimum atomic E-state index is -4.61. The number of nitrogens with zero attached hydrogens (tertiary/aromatic N) is 6. The molecular weight excluding hydrogens is 813 g/mol. The zero-order valence-electron chi connectivity index (χ0n) is 32.6.